The molecule has 0 bridgehead atoms. The summed E-state index contributed by atoms with van der Waals surface area (Å²) < 4.78 is 5.61. The summed E-state index contributed by atoms with van der Waals surface area (Å²) in [5.74, 6) is 0.566. The Bertz CT molecular complexity index is 307. The zero-order chi connectivity index (χ0) is 11.3. The van der Waals surface area contributed by atoms with E-state index in [0.29, 0.717) is 12.5 Å². The highest BCUT2D eigenvalue weighted by Crippen LogP contribution is 2.25. The second-order valence-corrected chi connectivity index (χ2v) is 4.63. The molecule has 1 fully saturated rings. The Morgan fingerprint density at radius 3 is 2.62 bits per heavy atom. The van der Waals surface area contributed by atoms with Gasteiger partial charge < -0.3 is 10.5 Å². The smallest absolute Gasteiger partial charge is 0.233 e. The third-order valence-electron chi connectivity index (χ3n) is 3.15. The van der Waals surface area contributed by atoms with Gasteiger partial charge in [0.2, 0.25) is 5.88 Å². The summed E-state index contributed by atoms with van der Waals surface area (Å²) >= 11 is 0. The molecule has 16 heavy (non-hydrogen) atoms. The van der Waals surface area contributed by atoms with Crippen LogP contribution in [0.25, 0.3) is 0 Å². The quantitative estimate of drug-likeness (QED) is 0.792. The van der Waals surface area contributed by atoms with E-state index in [4.69, 9.17) is 10.5 Å². The van der Waals surface area contributed by atoms with Crippen molar-refractivity contribution in [2.24, 2.45) is 5.73 Å². The standard InChI is InChI=1S/C12H19N3O/c13-12(7-3-1-2-4-8-12)10-16-11-6-5-9-14-15-11/h5-6,9H,1-4,7-8,10,13H2. The van der Waals surface area contributed by atoms with Gasteiger partial charge in [0, 0.05) is 12.3 Å². The van der Waals surface area contributed by atoms with Gasteiger partial charge in [-0.25, -0.2) is 0 Å². The van der Waals surface area contributed by atoms with Crippen LogP contribution in [0.2, 0.25) is 0 Å². The van der Waals surface area contributed by atoms with Crippen LogP contribution >= 0.6 is 0 Å². The number of nitrogens with two attached hydrogens (primary N) is 1. The molecule has 1 aromatic heterocycles. The average Bonchev–Trinajstić information content (AvgIpc) is 2.54. The number of nitrogens with zero attached hydrogens (tertiary/aromatic N) is 2. The largest absolute Gasteiger partial charge is 0.475 e. The maximum Gasteiger partial charge on any atom is 0.233 e. The lowest BCUT2D eigenvalue weighted by Crippen LogP contribution is -2.45. The maximum absolute atomic E-state index is 6.33. The molecule has 4 heteroatoms. The topological polar surface area (TPSA) is 61.0 Å². The van der Waals surface area contributed by atoms with Gasteiger partial charge in [0.25, 0.3) is 0 Å². The van der Waals surface area contributed by atoms with Crippen LogP contribution in [-0.2, 0) is 0 Å². The van der Waals surface area contributed by atoms with Crippen molar-refractivity contribution < 1.29 is 4.74 Å². The first-order valence-electron chi connectivity index (χ1n) is 5.98. The van der Waals surface area contributed by atoms with Crippen LogP contribution in [-0.4, -0.2) is 22.3 Å². The Morgan fingerprint density at radius 2 is 2.00 bits per heavy atom. The lowest BCUT2D eigenvalue weighted by molar-refractivity contribution is 0.192. The molecule has 0 aliphatic heterocycles. The van der Waals surface area contributed by atoms with Gasteiger partial charge in [-0.3, -0.25) is 0 Å². The van der Waals surface area contributed by atoms with E-state index in [1.165, 1.54) is 25.7 Å². The molecule has 1 aromatic rings. The number of ether oxygens (including phenoxy) is 1. The molecule has 0 saturated heterocycles. The highest BCUT2D eigenvalue weighted by molar-refractivity contribution is 5.06. The minimum absolute atomic E-state index is 0.173. The van der Waals surface area contributed by atoms with Gasteiger partial charge in [0.05, 0.1) is 5.54 Å². The first-order valence-corrected chi connectivity index (χ1v) is 5.98. The normalized spacial score (nSPS) is 20.1. The van der Waals surface area contributed by atoms with E-state index in [2.05, 4.69) is 10.2 Å². The second kappa shape index (κ2) is 5.25. The third kappa shape index (κ3) is 3.17. The lowest BCUT2D eigenvalue weighted by atomic mass is 9.93. The van der Waals surface area contributed by atoms with E-state index in [-0.39, 0.29) is 5.54 Å². The van der Waals surface area contributed by atoms with Crippen molar-refractivity contribution in [2.75, 3.05) is 6.61 Å². The number of rotatable bonds is 3. The molecule has 2 N–H and O–H groups in total. The SMILES string of the molecule is NC1(COc2cccnn2)CCCCCC1. The summed E-state index contributed by atoms with van der Waals surface area (Å²) in [4.78, 5) is 0. The highest BCUT2D eigenvalue weighted by Gasteiger charge is 2.27. The van der Waals surface area contributed by atoms with E-state index >= 15 is 0 Å². The van der Waals surface area contributed by atoms with Crippen molar-refractivity contribution >= 4 is 0 Å². The summed E-state index contributed by atoms with van der Waals surface area (Å²) in [5, 5.41) is 7.66. The van der Waals surface area contributed by atoms with Crippen molar-refractivity contribution in [1.29, 1.82) is 0 Å². The molecule has 0 unspecified atom stereocenters. The van der Waals surface area contributed by atoms with Crippen molar-refractivity contribution in [3.8, 4) is 5.88 Å². The molecule has 0 radical (unpaired) electrons. The van der Waals surface area contributed by atoms with Crippen LogP contribution in [0.15, 0.2) is 18.3 Å². The molecule has 1 aliphatic carbocycles. The van der Waals surface area contributed by atoms with Gasteiger partial charge in [-0.2, -0.15) is 5.10 Å². The van der Waals surface area contributed by atoms with Crippen molar-refractivity contribution in [2.45, 2.75) is 44.1 Å². The maximum atomic E-state index is 6.33. The molecule has 0 atom stereocenters. The third-order valence-corrected chi connectivity index (χ3v) is 3.15. The van der Waals surface area contributed by atoms with Gasteiger partial charge >= 0.3 is 0 Å². The Labute approximate surface area is 96.2 Å². The fraction of sp³-hybridized carbons (Fsp3) is 0.667. The van der Waals surface area contributed by atoms with E-state index in [0.717, 1.165) is 12.8 Å². The molecule has 0 spiro atoms. The van der Waals surface area contributed by atoms with Crippen LogP contribution in [0.3, 0.4) is 0 Å². The first-order chi connectivity index (χ1) is 7.79. The second-order valence-electron chi connectivity index (χ2n) is 4.63. The molecule has 0 aromatic carbocycles. The number of hydrogen-bond donors (Lipinski definition) is 1. The minimum Gasteiger partial charge on any atom is -0.475 e. The predicted molar refractivity (Wildman–Crippen MR) is 62.1 cm³/mol. The average molecular weight is 221 g/mol. The summed E-state index contributed by atoms with van der Waals surface area (Å²) in [6.07, 6.45) is 8.74. The monoisotopic (exact) mass is 221 g/mol. The predicted octanol–water partition coefficient (Wildman–Crippen LogP) is 1.91. The molecule has 1 aliphatic rings. The van der Waals surface area contributed by atoms with Crippen LogP contribution in [0.4, 0.5) is 0 Å². The van der Waals surface area contributed by atoms with Crippen molar-refractivity contribution in [3.63, 3.8) is 0 Å². The zero-order valence-corrected chi connectivity index (χ0v) is 9.56. The fourth-order valence-electron chi connectivity index (χ4n) is 2.16. The van der Waals surface area contributed by atoms with Crippen LogP contribution < -0.4 is 10.5 Å². The van der Waals surface area contributed by atoms with E-state index in [9.17, 15) is 0 Å². The van der Waals surface area contributed by atoms with Gasteiger partial charge in [0.15, 0.2) is 0 Å². The van der Waals surface area contributed by atoms with E-state index in [1.54, 1.807) is 6.20 Å². The molecule has 2 rings (SSSR count). The van der Waals surface area contributed by atoms with Crippen molar-refractivity contribution in [3.05, 3.63) is 18.3 Å². The first kappa shape index (κ1) is 11.3. The summed E-state index contributed by atoms with van der Waals surface area (Å²) in [7, 11) is 0. The molecular formula is C12H19N3O. The van der Waals surface area contributed by atoms with Crippen LogP contribution in [0.1, 0.15) is 38.5 Å². The Hall–Kier alpha value is -1.16. The molecule has 0 amide bonds. The summed E-state index contributed by atoms with van der Waals surface area (Å²) in [5.41, 5.74) is 6.16. The highest BCUT2D eigenvalue weighted by atomic mass is 16.5. The Morgan fingerprint density at radius 1 is 1.25 bits per heavy atom. The Kier molecular flexibility index (Phi) is 3.72. The van der Waals surface area contributed by atoms with E-state index < -0.39 is 0 Å². The van der Waals surface area contributed by atoms with Crippen molar-refractivity contribution in [1.82, 2.24) is 10.2 Å². The van der Waals surface area contributed by atoms with Gasteiger partial charge in [-0.15, -0.1) is 5.10 Å². The Balaban J connectivity index is 1.88. The zero-order valence-electron chi connectivity index (χ0n) is 9.56. The van der Waals surface area contributed by atoms with Gasteiger partial charge in [0.1, 0.15) is 6.61 Å². The summed E-state index contributed by atoms with van der Waals surface area (Å²) in [6, 6.07) is 3.63. The van der Waals surface area contributed by atoms with Gasteiger partial charge in [-0.1, -0.05) is 25.7 Å². The number of aromatic nitrogens is 2. The minimum atomic E-state index is -0.173. The number of hydrogen-bond acceptors (Lipinski definition) is 4. The molecule has 1 saturated carbocycles. The fourth-order valence-corrected chi connectivity index (χ4v) is 2.16. The summed E-state index contributed by atoms with van der Waals surface area (Å²) in [6.45, 7) is 0.547. The van der Waals surface area contributed by atoms with Crippen LogP contribution in [0.5, 0.6) is 5.88 Å². The molecule has 1 heterocycles. The van der Waals surface area contributed by atoms with Gasteiger partial charge in [-0.05, 0) is 18.9 Å². The molecular weight excluding hydrogens is 202 g/mol. The molecule has 88 valence electrons. The lowest BCUT2D eigenvalue weighted by Gasteiger charge is -2.27. The van der Waals surface area contributed by atoms with E-state index in [1.807, 2.05) is 12.1 Å². The van der Waals surface area contributed by atoms with Crippen LogP contribution in [0, 0.1) is 0 Å². The molecule has 4 nitrogen and oxygen atoms in total.